The largest absolute Gasteiger partial charge is 0.302 e. The Morgan fingerprint density at radius 3 is 2.83 bits per heavy atom. The van der Waals surface area contributed by atoms with Crippen LogP contribution in [0.2, 0.25) is 0 Å². The highest BCUT2D eigenvalue weighted by molar-refractivity contribution is 7.12. The lowest BCUT2D eigenvalue weighted by Crippen LogP contribution is -2.10. The molecule has 92 valence electrons. The Labute approximate surface area is 107 Å². The molecule has 2 nitrogen and oxygen atoms in total. The first-order chi connectivity index (χ1) is 8.74. The molecule has 1 aliphatic rings. The van der Waals surface area contributed by atoms with E-state index in [-0.39, 0.29) is 6.04 Å². The van der Waals surface area contributed by atoms with Crippen molar-refractivity contribution in [2.45, 2.75) is 12.5 Å². The van der Waals surface area contributed by atoms with Gasteiger partial charge in [0, 0.05) is 6.42 Å². The first-order valence-electron chi connectivity index (χ1n) is 5.55. The zero-order chi connectivity index (χ0) is 12.5. The Morgan fingerprint density at radius 2 is 2.11 bits per heavy atom. The number of hydrazone groups is 1. The van der Waals surface area contributed by atoms with E-state index in [4.69, 9.17) is 0 Å². The van der Waals surface area contributed by atoms with Gasteiger partial charge in [0.2, 0.25) is 0 Å². The fraction of sp³-hybridized carbons (Fsp3) is 0.154. The Balaban J connectivity index is 1.79. The molecule has 0 fully saturated rings. The van der Waals surface area contributed by atoms with Crippen molar-refractivity contribution in [1.82, 2.24) is 5.43 Å². The van der Waals surface area contributed by atoms with Crippen LogP contribution in [0, 0.1) is 11.6 Å². The molecule has 0 radical (unpaired) electrons. The number of hydrogen-bond donors (Lipinski definition) is 1. The molecule has 1 aliphatic heterocycles. The highest BCUT2D eigenvalue weighted by atomic mass is 32.1. The fourth-order valence-corrected chi connectivity index (χ4v) is 2.69. The second-order valence-electron chi connectivity index (χ2n) is 4.10. The third-order valence-electron chi connectivity index (χ3n) is 2.90. The van der Waals surface area contributed by atoms with Gasteiger partial charge >= 0.3 is 0 Å². The molecule has 0 aliphatic carbocycles. The minimum Gasteiger partial charge on any atom is -0.302 e. The quantitative estimate of drug-likeness (QED) is 0.882. The van der Waals surface area contributed by atoms with Crippen LogP contribution in [0.15, 0.2) is 40.8 Å². The monoisotopic (exact) mass is 264 g/mol. The Bertz CT molecular complexity index is 593. The molecule has 1 atom stereocenters. The third kappa shape index (κ3) is 2.01. The van der Waals surface area contributed by atoms with E-state index in [1.54, 1.807) is 17.4 Å². The molecule has 1 aromatic heterocycles. The first-order valence-corrected chi connectivity index (χ1v) is 6.43. The van der Waals surface area contributed by atoms with Crippen LogP contribution >= 0.6 is 11.3 Å². The minimum atomic E-state index is -0.823. The molecule has 1 unspecified atom stereocenters. The van der Waals surface area contributed by atoms with Gasteiger partial charge in [-0.1, -0.05) is 12.1 Å². The minimum absolute atomic E-state index is 0.0859. The molecule has 1 N–H and O–H groups in total. The number of nitrogens with zero attached hydrogens (tertiary/aromatic N) is 1. The lowest BCUT2D eigenvalue weighted by atomic mass is 10.0. The Kier molecular flexibility index (Phi) is 2.83. The summed E-state index contributed by atoms with van der Waals surface area (Å²) < 4.78 is 26.0. The van der Waals surface area contributed by atoms with Crippen LogP contribution < -0.4 is 5.43 Å². The van der Waals surface area contributed by atoms with E-state index < -0.39 is 11.6 Å². The number of rotatable bonds is 2. The van der Waals surface area contributed by atoms with Gasteiger partial charge < -0.3 is 5.43 Å². The molecule has 0 saturated heterocycles. The van der Waals surface area contributed by atoms with Gasteiger partial charge in [0.15, 0.2) is 11.6 Å². The number of benzene rings is 1. The van der Waals surface area contributed by atoms with Crippen molar-refractivity contribution in [3.63, 3.8) is 0 Å². The molecule has 18 heavy (non-hydrogen) atoms. The van der Waals surface area contributed by atoms with E-state index in [1.165, 1.54) is 6.07 Å². The summed E-state index contributed by atoms with van der Waals surface area (Å²) in [6.45, 7) is 0. The van der Waals surface area contributed by atoms with Crippen LogP contribution in [0.5, 0.6) is 0 Å². The van der Waals surface area contributed by atoms with Gasteiger partial charge in [0.1, 0.15) is 0 Å². The standard InChI is InChI=1S/C13H10F2N2S/c14-9-4-3-8(6-10(9)15)11-7-12(17-16-11)13-2-1-5-18-13/h1-6,11,16H,7H2. The highest BCUT2D eigenvalue weighted by Crippen LogP contribution is 2.26. The summed E-state index contributed by atoms with van der Waals surface area (Å²) in [4.78, 5) is 1.10. The lowest BCUT2D eigenvalue weighted by molar-refractivity contribution is 0.503. The van der Waals surface area contributed by atoms with Gasteiger partial charge in [0.25, 0.3) is 0 Å². The van der Waals surface area contributed by atoms with Gasteiger partial charge in [-0.3, -0.25) is 0 Å². The number of nitrogens with one attached hydrogen (secondary N) is 1. The van der Waals surface area contributed by atoms with E-state index in [0.29, 0.717) is 12.0 Å². The van der Waals surface area contributed by atoms with Crippen molar-refractivity contribution in [1.29, 1.82) is 0 Å². The van der Waals surface area contributed by atoms with Gasteiger partial charge in [-0.2, -0.15) is 5.10 Å². The Hall–Kier alpha value is -1.75. The molecule has 0 saturated carbocycles. The molecular weight excluding hydrogens is 254 g/mol. The maximum atomic E-state index is 13.2. The summed E-state index contributed by atoms with van der Waals surface area (Å²) >= 11 is 1.62. The van der Waals surface area contributed by atoms with E-state index in [9.17, 15) is 8.78 Å². The second kappa shape index (κ2) is 4.49. The third-order valence-corrected chi connectivity index (χ3v) is 3.82. The topological polar surface area (TPSA) is 24.4 Å². The summed E-state index contributed by atoms with van der Waals surface area (Å²) in [6, 6.07) is 7.84. The highest BCUT2D eigenvalue weighted by Gasteiger charge is 2.22. The molecule has 3 rings (SSSR count). The smallest absolute Gasteiger partial charge is 0.159 e. The van der Waals surface area contributed by atoms with Crippen molar-refractivity contribution in [2.75, 3.05) is 0 Å². The van der Waals surface area contributed by atoms with Gasteiger partial charge in [0.05, 0.1) is 16.6 Å². The van der Waals surface area contributed by atoms with E-state index >= 15 is 0 Å². The zero-order valence-corrected chi connectivity index (χ0v) is 10.2. The van der Waals surface area contributed by atoms with Crippen LogP contribution in [-0.2, 0) is 0 Å². The number of halogens is 2. The SMILES string of the molecule is Fc1ccc(C2CC(c3cccs3)=NN2)cc1F. The second-order valence-corrected chi connectivity index (χ2v) is 5.04. The van der Waals surface area contributed by atoms with Crippen molar-refractivity contribution >= 4 is 17.0 Å². The van der Waals surface area contributed by atoms with Crippen LogP contribution in [0.25, 0.3) is 0 Å². The van der Waals surface area contributed by atoms with Crippen LogP contribution in [0.3, 0.4) is 0 Å². The van der Waals surface area contributed by atoms with Crippen LogP contribution in [-0.4, -0.2) is 5.71 Å². The van der Waals surface area contributed by atoms with Gasteiger partial charge in [-0.25, -0.2) is 8.78 Å². The van der Waals surface area contributed by atoms with Crippen molar-refractivity contribution < 1.29 is 8.78 Å². The molecule has 0 spiro atoms. The molecule has 2 aromatic rings. The average molecular weight is 264 g/mol. The Morgan fingerprint density at radius 1 is 1.22 bits per heavy atom. The molecule has 2 heterocycles. The summed E-state index contributed by atoms with van der Waals surface area (Å²) in [5, 5.41) is 6.24. The predicted octanol–water partition coefficient (Wildman–Crippen LogP) is 3.47. The van der Waals surface area contributed by atoms with E-state index in [0.717, 1.165) is 16.7 Å². The average Bonchev–Trinajstić information content (AvgIpc) is 3.01. The fourth-order valence-electron chi connectivity index (χ4n) is 1.96. The van der Waals surface area contributed by atoms with Crippen molar-refractivity contribution in [3.05, 3.63) is 57.8 Å². The van der Waals surface area contributed by atoms with Crippen LogP contribution in [0.4, 0.5) is 8.78 Å². The summed E-state index contributed by atoms with van der Waals surface area (Å²) in [6.07, 6.45) is 0.686. The molecule has 0 bridgehead atoms. The van der Waals surface area contributed by atoms with Gasteiger partial charge in [-0.15, -0.1) is 11.3 Å². The predicted molar refractivity (Wildman–Crippen MR) is 67.7 cm³/mol. The normalized spacial score (nSPS) is 18.6. The van der Waals surface area contributed by atoms with Crippen LogP contribution in [0.1, 0.15) is 22.9 Å². The van der Waals surface area contributed by atoms with E-state index in [1.807, 2.05) is 17.5 Å². The lowest BCUT2D eigenvalue weighted by Gasteiger charge is -2.10. The number of hydrogen-bond acceptors (Lipinski definition) is 3. The zero-order valence-electron chi connectivity index (χ0n) is 9.36. The molecular formula is C13H10F2N2S. The number of thiophene rings is 1. The molecule has 1 aromatic carbocycles. The van der Waals surface area contributed by atoms with Crippen molar-refractivity contribution in [2.24, 2.45) is 5.10 Å². The maximum absolute atomic E-state index is 13.2. The first kappa shape index (κ1) is 11.3. The summed E-state index contributed by atoms with van der Waals surface area (Å²) in [7, 11) is 0. The summed E-state index contributed by atoms with van der Waals surface area (Å²) in [5.41, 5.74) is 4.63. The maximum Gasteiger partial charge on any atom is 0.159 e. The van der Waals surface area contributed by atoms with E-state index in [2.05, 4.69) is 10.5 Å². The molecule has 5 heteroatoms. The van der Waals surface area contributed by atoms with Crippen molar-refractivity contribution in [3.8, 4) is 0 Å². The summed E-state index contributed by atoms with van der Waals surface area (Å²) in [5.74, 6) is -1.64. The van der Waals surface area contributed by atoms with Gasteiger partial charge in [-0.05, 0) is 29.1 Å². The molecule has 0 amide bonds.